The number of nitro benzene ring substituents is 1. The van der Waals surface area contributed by atoms with Crippen molar-refractivity contribution in [3.8, 4) is 16.9 Å². The fraction of sp³-hybridized carbons (Fsp3) is 0.240. The third-order valence-corrected chi connectivity index (χ3v) is 5.96. The molecule has 3 aromatic rings. The van der Waals surface area contributed by atoms with Crippen LogP contribution >= 0.6 is 0 Å². The van der Waals surface area contributed by atoms with Gasteiger partial charge in [0.1, 0.15) is 18.5 Å². The Morgan fingerprint density at radius 1 is 1.03 bits per heavy atom. The number of aromatic hydroxyl groups is 1. The molecule has 0 heterocycles. The van der Waals surface area contributed by atoms with Crippen LogP contribution in [0.2, 0.25) is 0 Å². The Bertz CT molecular complexity index is 1170. The number of carbonyl (C=O) groups excluding carboxylic acids is 1. The van der Waals surface area contributed by atoms with Crippen molar-refractivity contribution < 1.29 is 29.8 Å². The Morgan fingerprint density at radius 3 is 2.26 bits per heavy atom. The van der Waals surface area contributed by atoms with Gasteiger partial charge in [-0.25, -0.2) is 4.79 Å². The molecule has 0 radical (unpaired) electrons. The minimum atomic E-state index is -1.57. The number of nitrogens with zero attached hydrogens (tertiary/aromatic N) is 1. The van der Waals surface area contributed by atoms with E-state index in [-0.39, 0.29) is 42.5 Å². The predicted octanol–water partition coefficient (Wildman–Crippen LogP) is 3.62. The van der Waals surface area contributed by atoms with Gasteiger partial charge in [0, 0.05) is 30.2 Å². The molecule has 3 aromatic carbocycles. The van der Waals surface area contributed by atoms with Gasteiger partial charge in [-0.15, -0.1) is 0 Å². The molecule has 9 heteroatoms. The number of phenols is 1. The number of alkyl carbamates (subject to hydrolysis) is 1. The van der Waals surface area contributed by atoms with Crippen molar-refractivity contribution in [1.82, 2.24) is 5.32 Å². The number of fused-ring (bicyclic) bond motifs is 3. The minimum Gasteiger partial charge on any atom is -0.508 e. The Labute approximate surface area is 195 Å². The van der Waals surface area contributed by atoms with Crippen molar-refractivity contribution in [1.29, 1.82) is 0 Å². The SMILES string of the molecule is O=C(NCCC(O)C(O)c1cc([N+](=O)[O-])ccc1O)OCC1c2ccccc2-c2ccccc21. The standard InChI is InChI=1S/C25H24N2O7/c28-22-10-9-15(27(32)33)13-20(22)24(30)23(29)11-12-26-25(31)34-14-21-18-7-3-1-5-16(18)17-6-2-4-8-19(17)21/h1-10,13,21,23-24,28-30H,11-12,14H2,(H,26,31). The highest BCUT2D eigenvalue weighted by Crippen LogP contribution is 2.44. The number of non-ortho nitro benzene ring substituents is 1. The molecule has 0 spiro atoms. The van der Waals surface area contributed by atoms with Gasteiger partial charge < -0.3 is 25.4 Å². The van der Waals surface area contributed by atoms with Crippen LogP contribution in [-0.2, 0) is 4.74 Å². The molecule has 176 valence electrons. The van der Waals surface area contributed by atoms with Crippen LogP contribution in [0.4, 0.5) is 10.5 Å². The van der Waals surface area contributed by atoms with Crippen LogP contribution in [0.5, 0.6) is 5.75 Å². The second kappa shape index (κ2) is 9.90. The number of ether oxygens (including phenoxy) is 1. The zero-order chi connectivity index (χ0) is 24.2. The fourth-order valence-electron chi connectivity index (χ4n) is 4.23. The van der Waals surface area contributed by atoms with Crippen LogP contribution < -0.4 is 5.32 Å². The topological polar surface area (TPSA) is 142 Å². The van der Waals surface area contributed by atoms with Crippen LogP contribution in [0.15, 0.2) is 66.7 Å². The summed E-state index contributed by atoms with van der Waals surface area (Å²) < 4.78 is 5.42. The van der Waals surface area contributed by atoms with E-state index in [9.17, 15) is 30.2 Å². The molecule has 0 aliphatic heterocycles. The van der Waals surface area contributed by atoms with E-state index in [0.29, 0.717) is 0 Å². The number of nitrogens with one attached hydrogen (secondary N) is 1. The molecule has 1 aliphatic rings. The first-order valence-electron chi connectivity index (χ1n) is 10.8. The van der Waals surface area contributed by atoms with Gasteiger partial charge in [-0.2, -0.15) is 0 Å². The lowest BCUT2D eigenvalue weighted by Crippen LogP contribution is -2.30. The van der Waals surface area contributed by atoms with E-state index in [1.807, 2.05) is 48.5 Å². The summed E-state index contributed by atoms with van der Waals surface area (Å²) in [4.78, 5) is 22.5. The van der Waals surface area contributed by atoms with E-state index in [1.165, 1.54) is 0 Å². The van der Waals surface area contributed by atoms with E-state index < -0.39 is 23.2 Å². The first kappa shape index (κ1) is 23.2. The molecule has 9 nitrogen and oxygen atoms in total. The number of benzene rings is 3. The molecule has 2 atom stereocenters. The molecule has 0 saturated heterocycles. The third-order valence-electron chi connectivity index (χ3n) is 5.96. The minimum absolute atomic E-state index is 0.00934. The van der Waals surface area contributed by atoms with Crippen LogP contribution in [0, 0.1) is 10.1 Å². The van der Waals surface area contributed by atoms with Crippen molar-refractivity contribution in [2.75, 3.05) is 13.2 Å². The number of aliphatic hydroxyl groups is 2. The summed E-state index contributed by atoms with van der Waals surface area (Å²) in [5, 5.41) is 43.9. The van der Waals surface area contributed by atoms with E-state index in [1.54, 1.807) is 0 Å². The highest BCUT2D eigenvalue weighted by Gasteiger charge is 2.29. The van der Waals surface area contributed by atoms with Gasteiger partial charge in [0.25, 0.3) is 5.69 Å². The maximum absolute atomic E-state index is 12.2. The molecule has 4 rings (SSSR count). The Kier molecular flexibility index (Phi) is 6.76. The molecular weight excluding hydrogens is 440 g/mol. The van der Waals surface area contributed by atoms with Gasteiger partial charge in [-0.3, -0.25) is 10.1 Å². The molecule has 2 unspecified atom stereocenters. The third kappa shape index (κ3) is 4.70. The van der Waals surface area contributed by atoms with Crippen LogP contribution in [-0.4, -0.2) is 45.6 Å². The van der Waals surface area contributed by atoms with Crippen LogP contribution in [0.3, 0.4) is 0 Å². The number of rotatable bonds is 8. The Balaban J connectivity index is 1.30. The molecule has 0 bridgehead atoms. The number of hydrogen-bond donors (Lipinski definition) is 4. The number of nitro groups is 1. The zero-order valence-corrected chi connectivity index (χ0v) is 18.1. The number of phenolic OH excluding ortho intramolecular Hbond substituents is 1. The second-order valence-corrected chi connectivity index (χ2v) is 8.05. The summed E-state index contributed by atoms with van der Waals surface area (Å²) in [5.74, 6) is -0.455. The van der Waals surface area contributed by atoms with Gasteiger partial charge in [-0.1, -0.05) is 48.5 Å². The molecule has 4 N–H and O–H groups in total. The van der Waals surface area contributed by atoms with Gasteiger partial charge in [0.2, 0.25) is 0 Å². The molecule has 1 amide bonds. The number of hydrogen-bond acceptors (Lipinski definition) is 7. The lowest BCUT2D eigenvalue weighted by molar-refractivity contribution is -0.385. The van der Waals surface area contributed by atoms with Gasteiger partial charge >= 0.3 is 6.09 Å². The molecule has 1 aliphatic carbocycles. The lowest BCUT2D eigenvalue weighted by Gasteiger charge is -2.19. The lowest BCUT2D eigenvalue weighted by atomic mass is 9.98. The quantitative estimate of drug-likeness (QED) is 0.295. The maximum Gasteiger partial charge on any atom is 0.407 e. The molecular formula is C25H24N2O7. The van der Waals surface area contributed by atoms with Crippen molar-refractivity contribution in [3.05, 3.63) is 93.5 Å². The monoisotopic (exact) mass is 464 g/mol. The van der Waals surface area contributed by atoms with Crippen molar-refractivity contribution in [2.24, 2.45) is 0 Å². The smallest absolute Gasteiger partial charge is 0.407 e. The summed E-state index contributed by atoms with van der Waals surface area (Å²) in [5.41, 5.74) is 3.93. The Morgan fingerprint density at radius 2 is 1.65 bits per heavy atom. The highest BCUT2D eigenvalue weighted by molar-refractivity contribution is 5.79. The number of aliphatic hydroxyl groups excluding tert-OH is 2. The van der Waals surface area contributed by atoms with Gasteiger partial charge in [0.15, 0.2) is 0 Å². The van der Waals surface area contributed by atoms with Crippen molar-refractivity contribution in [2.45, 2.75) is 24.5 Å². The predicted molar refractivity (Wildman–Crippen MR) is 123 cm³/mol. The molecule has 0 saturated carbocycles. The van der Waals surface area contributed by atoms with Crippen molar-refractivity contribution >= 4 is 11.8 Å². The number of amides is 1. The average molecular weight is 464 g/mol. The summed E-state index contributed by atoms with van der Waals surface area (Å²) in [6.07, 6.45) is -3.67. The zero-order valence-electron chi connectivity index (χ0n) is 18.1. The molecule has 34 heavy (non-hydrogen) atoms. The summed E-state index contributed by atoms with van der Waals surface area (Å²) in [7, 11) is 0. The van der Waals surface area contributed by atoms with Crippen molar-refractivity contribution in [3.63, 3.8) is 0 Å². The second-order valence-electron chi connectivity index (χ2n) is 8.05. The van der Waals surface area contributed by atoms with E-state index in [4.69, 9.17) is 4.74 Å². The van der Waals surface area contributed by atoms with Crippen LogP contribution in [0.1, 0.15) is 35.1 Å². The average Bonchev–Trinajstić information content (AvgIpc) is 3.16. The van der Waals surface area contributed by atoms with E-state index >= 15 is 0 Å². The normalized spacial score (nSPS) is 14.1. The summed E-state index contributed by atoms with van der Waals surface area (Å²) in [6.45, 7) is 0.136. The summed E-state index contributed by atoms with van der Waals surface area (Å²) >= 11 is 0. The van der Waals surface area contributed by atoms with Gasteiger partial charge in [0.05, 0.1) is 11.0 Å². The Hall–Kier alpha value is -3.95. The van der Waals surface area contributed by atoms with Crippen LogP contribution in [0.25, 0.3) is 11.1 Å². The first-order valence-corrected chi connectivity index (χ1v) is 10.8. The fourth-order valence-corrected chi connectivity index (χ4v) is 4.23. The maximum atomic E-state index is 12.2. The molecule has 0 fully saturated rings. The molecule has 0 aromatic heterocycles. The first-order chi connectivity index (χ1) is 16.4. The summed E-state index contributed by atoms with van der Waals surface area (Å²) in [6, 6.07) is 19.1. The van der Waals surface area contributed by atoms with Gasteiger partial charge in [-0.05, 0) is 34.7 Å². The highest BCUT2D eigenvalue weighted by atomic mass is 16.6. The largest absolute Gasteiger partial charge is 0.508 e. The number of carbonyl (C=O) groups is 1. The van der Waals surface area contributed by atoms with E-state index in [0.717, 1.165) is 40.5 Å². The van der Waals surface area contributed by atoms with E-state index in [2.05, 4.69) is 5.32 Å².